The number of benzene rings is 1. The molecule has 0 aliphatic carbocycles. The lowest BCUT2D eigenvalue weighted by Gasteiger charge is -2.29. The molecule has 0 unspecified atom stereocenters. The van der Waals surface area contributed by atoms with Crippen LogP contribution in [0.4, 0.5) is 0 Å². The van der Waals surface area contributed by atoms with Gasteiger partial charge < -0.3 is 19.3 Å². The molecule has 0 N–H and O–H groups in total. The summed E-state index contributed by atoms with van der Waals surface area (Å²) in [7, 11) is 0. The Morgan fingerprint density at radius 2 is 2.07 bits per heavy atom. The number of likely N-dealkylation sites (N-methyl/N-ethyl adjacent to an activating group) is 1. The van der Waals surface area contributed by atoms with Gasteiger partial charge in [0.15, 0.2) is 0 Å². The van der Waals surface area contributed by atoms with Crippen LogP contribution in [0, 0.1) is 0 Å². The first kappa shape index (κ1) is 19.6. The molecule has 2 amide bonds. The van der Waals surface area contributed by atoms with Crippen molar-refractivity contribution in [2.24, 2.45) is 0 Å². The predicted octanol–water partition coefficient (Wildman–Crippen LogP) is 2.63. The van der Waals surface area contributed by atoms with Crippen molar-refractivity contribution in [3.05, 3.63) is 29.3 Å². The fraction of sp³-hybridized carbons (Fsp3) is 0.500. The molecule has 0 aromatic heterocycles. The average Bonchev–Trinajstić information content (AvgIpc) is 3.17. The third-order valence-corrected chi connectivity index (χ3v) is 5.80. The van der Waals surface area contributed by atoms with Crippen LogP contribution in [-0.2, 0) is 9.59 Å². The van der Waals surface area contributed by atoms with Gasteiger partial charge in [-0.25, -0.2) is 0 Å². The summed E-state index contributed by atoms with van der Waals surface area (Å²) in [6, 6.07) is 5.19. The maximum atomic E-state index is 13.1. The molecule has 3 rings (SSSR count). The second-order valence-corrected chi connectivity index (χ2v) is 7.39. The summed E-state index contributed by atoms with van der Waals surface area (Å²) in [6.07, 6.45) is 1.85. The highest BCUT2D eigenvalue weighted by Gasteiger charge is 2.38. The van der Waals surface area contributed by atoms with Gasteiger partial charge in [-0.2, -0.15) is 0 Å². The van der Waals surface area contributed by atoms with Crippen molar-refractivity contribution < 1.29 is 19.1 Å². The summed E-state index contributed by atoms with van der Waals surface area (Å²) in [5, 5.41) is 0. The van der Waals surface area contributed by atoms with E-state index in [2.05, 4.69) is 0 Å². The van der Waals surface area contributed by atoms with Gasteiger partial charge in [0.25, 0.3) is 5.91 Å². The van der Waals surface area contributed by atoms with E-state index in [1.807, 2.05) is 45.0 Å². The minimum Gasteiger partial charge on any atom is -0.494 e. The van der Waals surface area contributed by atoms with Gasteiger partial charge in [-0.3, -0.25) is 9.59 Å². The summed E-state index contributed by atoms with van der Waals surface area (Å²) < 4.78 is 11.3. The Morgan fingerprint density at radius 1 is 1.30 bits per heavy atom. The topological polar surface area (TPSA) is 59.1 Å². The molecule has 1 saturated heterocycles. The summed E-state index contributed by atoms with van der Waals surface area (Å²) in [4.78, 5) is 29.3. The number of hydrogen-bond donors (Lipinski definition) is 0. The van der Waals surface area contributed by atoms with E-state index in [0.717, 1.165) is 17.1 Å². The smallest absolute Gasteiger partial charge is 0.254 e. The maximum Gasteiger partial charge on any atom is 0.254 e. The normalized spacial score (nSPS) is 18.4. The first-order valence-electron chi connectivity index (χ1n) is 9.36. The zero-order valence-corrected chi connectivity index (χ0v) is 16.9. The Hall–Kier alpha value is -2.15. The van der Waals surface area contributed by atoms with Gasteiger partial charge in [-0.1, -0.05) is 0 Å². The molecular weight excluding hydrogens is 364 g/mol. The van der Waals surface area contributed by atoms with Crippen molar-refractivity contribution in [2.45, 2.75) is 26.8 Å². The van der Waals surface area contributed by atoms with Crippen molar-refractivity contribution >= 4 is 29.7 Å². The number of thioether (sulfide) groups is 1. The van der Waals surface area contributed by atoms with Crippen LogP contribution in [0.1, 0.15) is 26.3 Å². The summed E-state index contributed by atoms with van der Waals surface area (Å²) in [6.45, 7) is 7.94. The van der Waals surface area contributed by atoms with E-state index in [4.69, 9.17) is 9.47 Å². The minimum atomic E-state index is -0.403. The quantitative estimate of drug-likeness (QED) is 0.747. The van der Waals surface area contributed by atoms with E-state index < -0.39 is 6.04 Å². The Balaban J connectivity index is 1.80. The minimum absolute atomic E-state index is 0.0229. The van der Waals surface area contributed by atoms with Crippen molar-refractivity contribution in [1.82, 2.24) is 9.80 Å². The third-order valence-electron chi connectivity index (χ3n) is 4.78. The Morgan fingerprint density at radius 3 is 2.78 bits per heavy atom. The zero-order chi connectivity index (χ0) is 19.4. The predicted molar refractivity (Wildman–Crippen MR) is 107 cm³/mol. The SMILES string of the molecule is CCOc1ccc2c(c1)C=C(C(=O)N1CSC[C@@H]1C(=O)N(CC)CC)CO2. The molecule has 1 aromatic rings. The van der Waals surface area contributed by atoms with E-state index in [-0.39, 0.29) is 18.4 Å². The van der Waals surface area contributed by atoms with Gasteiger partial charge in [-0.05, 0) is 45.0 Å². The summed E-state index contributed by atoms with van der Waals surface area (Å²) in [5.41, 5.74) is 1.39. The molecule has 27 heavy (non-hydrogen) atoms. The molecule has 2 heterocycles. The fourth-order valence-corrected chi connectivity index (χ4v) is 4.46. The van der Waals surface area contributed by atoms with Crippen LogP contribution in [0.2, 0.25) is 0 Å². The van der Waals surface area contributed by atoms with Crippen molar-refractivity contribution in [3.8, 4) is 11.5 Å². The molecule has 1 fully saturated rings. The van der Waals surface area contributed by atoms with Gasteiger partial charge in [0, 0.05) is 24.4 Å². The molecule has 0 saturated carbocycles. The van der Waals surface area contributed by atoms with Gasteiger partial charge in [0.1, 0.15) is 24.1 Å². The van der Waals surface area contributed by atoms with Gasteiger partial charge in [0.05, 0.1) is 18.1 Å². The van der Waals surface area contributed by atoms with Crippen LogP contribution in [0.5, 0.6) is 11.5 Å². The molecule has 0 bridgehead atoms. The molecule has 7 heteroatoms. The van der Waals surface area contributed by atoms with E-state index in [0.29, 0.717) is 36.9 Å². The van der Waals surface area contributed by atoms with E-state index in [9.17, 15) is 9.59 Å². The number of amides is 2. The van der Waals surface area contributed by atoms with Crippen LogP contribution in [-0.4, -0.2) is 65.6 Å². The molecule has 1 aromatic carbocycles. The standard InChI is InChI=1S/C20H26N2O4S/c1-4-21(5-2)20(24)17-12-27-13-22(17)19(23)15-9-14-10-16(25-6-3)7-8-18(14)26-11-15/h7-10,17H,4-6,11-13H2,1-3H3/t17-/m1/s1. The molecule has 146 valence electrons. The second kappa shape index (κ2) is 8.69. The van der Waals surface area contributed by atoms with Crippen molar-refractivity contribution in [3.63, 3.8) is 0 Å². The largest absolute Gasteiger partial charge is 0.494 e. The van der Waals surface area contributed by atoms with Crippen molar-refractivity contribution in [2.75, 3.05) is 37.9 Å². The first-order chi connectivity index (χ1) is 13.1. The van der Waals surface area contributed by atoms with E-state index in [1.165, 1.54) is 0 Å². The number of rotatable bonds is 6. The molecule has 2 aliphatic rings. The Bertz CT molecular complexity index is 745. The molecule has 0 radical (unpaired) electrons. The molecular formula is C20H26N2O4S. The highest BCUT2D eigenvalue weighted by Crippen LogP contribution is 2.32. The molecule has 6 nitrogen and oxygen atoms in total. The van der Waals surface area contributed by atoms with E-state index in [1.54, 1.807) is 21.6 Å². The summed E-state index contributed by atoms with van der Waals surface area (Å²) >= 11 is 1.61. The van der Waals surface area contributed by atoms with Crippen LogP contribution >= 0.6 is 11.8 Å². The Labute approximate surface area is 164 Å². The number of fused-ring (bicyclic) bond motifs is 1. The first-order valence-corrected chi connectivity index (χ1v) is 10.5. The lowest BCUT2D eigenvalue weighted by atomic mass is 10.1. The molecule has 2 aliphatic heterocycles. The number of carbonyl (C=O) groups is 2. The van der Waals surface area contributed by atoms with Crippen LogP contribution in [0.25, 0.3) is 6.08 Å². The average molecular weight is 391 g/mol. The van der Waals surface area contributed by atoms with Gasteiger partial charge in [0.2, 0.25) is 5.91 Å². The lowest BCUT2D eigenvalue weighted by molar-refractivity contribution is -0.141. The van der Waals surface area contributed by atoms with Gasteiger partial charge >= 0.3 is 0 Å². The van der Waals surface area contributed by atoms with Crippen LogP contribution in [0.15, 0.2) is 23.8 Å². The van der Waals surface area contributed by atoms with Gasteiger partial charge in [-0.15, -0.1) is 11.8 Å². The number of nitrogens with zero attached hydrogens (tertiary/aromatic N) is 2. The molecule has 0 spiro atoms. The molecule has 1 atom stereocenters. The Kier molecular flexibility index (Phi) is 6.31. The lowest BCUT2D eigenvalue weighted by Crippen LogP contribution is -2.49. The summed E-state index contributed by atoms with van der Waals surface area (Å²) in [5.74, 6) is 2.55. The maximum absolute atomic E-state index is 13.1. The zero-order valence-electron chi connectivity index (χ0n) is 16.1. The third kappa shape index (κ3) is 4.08. The monoisotopic (exact) mass is 390 g/mol. The van der Waals surface area contributed by atoms with E-state index >= 15 is 0 Å². The second-order valence-electron chi connectivity index (χ2n) is 6.39. The van der Waals surface area contributed by atoms with Crippen molar-refractivity contribution in [1.29, 1.82) is 0 Å². The highest BCUT2D eigenvalue weighted by atomic mass is 32.2. The highest BCUT2D eigenvalue weighted by molar-refractivity contribution is 7.99. The number of ether oxygens (including phenoxy) is 2. The number of carbonyl (C=O) groups excluding carboxylic acids is 2. The van der Waals surface area contributed by atoms with Crippen LogP contribution in [0.3, 0.4) is 0 Å². The van der Waals surface area contributed by atoms with Crippen LogP contribution < -0.4 is 9.47 Å². The number of hydrogen-bond acceptors (Lipinski definition) is 5. The fourth-order valence-electron chi connectivity index (χ4n) is 3.31.